The smallest absolute Gasteiger partial charge is 0.228 e. The quantitative estimate of drug-likeness (QED) is 0.476. The van der Waals surface area contributed by atoms with E-state index in [-0.39, 0.29) is 29.0 Å². The van der Waals surface area contributed by atoms with Gasteiger partial charge in [0.25, 0.3) is 0 Å². The Morgan fingerprint density at radius 3 is 2.35 bits per heavy atom. The number of nitrogens with one attached hydrogen (secondary N) is 1. The van der Waals surface area contributed by atoms with Crippen LogP contribution in [0.15, 0.2) is 12.7 Å². The average Bonchev–Trinajstić information content (AvgIpc) is 2.10. The second kappa shape index (κ2) is 4.57. The van der Waals surface area contributed by atoms with Gasteiger partial charge in [-0.05, 0) is 25.1 Å². The zero-order valence-corrected chi connectivity index (χ0v) is 12.8. The third-order valence-electron chi connectivity index (χ3n) is 4.04. The van der Waals surface area contributed by atoms with Crippen LogP contribution in [0.2, 0.25) is 18.1 Å². The van der Waals surface area contributed by atoms with Crippen molar-refractivity contribution in [1.29, 1.82) is 0 Å². The lowest BCUT2D eigenvalue weighted by molar-refractivity contribution is -0.137. The van der Waals surface area contributed by atoms with Gasteiger partial charge >= 0.3 is 0 Å². The molecule has 1 rings (SSSR count). The zero-order chi connectivity index (χ0) is 13.4. The summed E-state index contributed by atoms with van der Waals surface area (Å²) in [7, 11) is -1.80. The number of carbonyl (C=O) groups excluding carboxylic acids is 1. The number of hydrogen-bond donors (Lipinski definition) is 1. The topological polar surface area (TPSA) is 38.3 Å². The molecular weight excluding hydrogens is 230 g/mol. The summed E-state index contributed by atoms with van der Waals surface area (Å²) in [5.41, 5.74) is 0. The van der Waals surface area contributed by atoms with Crippen LogP contribution in [0.4, 0.5) is 0 Å². The Morgan fingerprint density at radius 1 is 1.47 bits per heavy atom. The molecule has 0 aliphatic carbocycles. The molecule has 1 saturated heterocycles. The molecule has 98 valence electrons. The maximum atomic E-state index is 11.6. The van der Waals surface area contributed by atoms with Crippen molar-refractivity contribution in [2.75, 3.05) is 0 Å². The lowest BCUT2D eigenvalue weighted by Crippen LogP contribution is -2.62. The van der Waals surface area contributed by atoms with E-state index in [0.717, 1.165) is 0 Å². The highest BCUT2D eigenvalue weighted by atomic mass is 28.4. The molecule has 1 aliphatic heterocycles. The molecule has 0 bridgehead atoms. The van der Waals surface area contributed by atoms with Crippen molar-refractivity contribution >= 4 is 14.2 Å². The molecule has 1 fully saturated rings. The van der Waals surface area contributed by atoms with Gasteiger partial charge in [-0.25, -0.2) is 0 Å². The van der Waals surface area contributed by atoms with E-state index in [2.05, 4.69) is 45.8 Å². The molecule has 1 aliphatic rings. The van der Waals surface area contributed by atoms with Crippen molar-refractivity contribution in [2.24, 2.45) is 5.92 Å². The molecule has 4 heteroatoms. The summed E-state index contributed by atoms with van der Waals surface area (Å²) in [5, 5.41) is 3.00. The summed E-state index contributed by atoms with van der Waals surface area (Å²) in [6.07, 6.45) is 1.75. The largest absolute Gasteiger partial charge is 0.413 e. The SMILES string of the molecule is C=C[C@H]1NC(=O)[C@@H]1[C@@H](C)O[Si](C)(C)C(C)(C)C. The molecular formula is C13H25NO2Si. The van der Waals surface area contributed by atoms with E-state index < -0.39 is 8.32 Å². The fourth-order valence-electron chi connectivity index (χ4n) is 1.84. The molecule has 17 heavy (non-hydrogen) atoms. The van der Waals surface area contributed by atoms with Crippen molar-refractivity contribution in [3.05, 3.63) is 12.7 Å². The van der Waals surface area contributed by atoms with Gasteiger partial charge < -0.3 is 9.74 Å². The first-order chi connectivity index (χ1) is 7.60. The molecule has 3 nitrogen and oxygen atoms in total. The Bertz CT molecular complexity index is 320. The molecule has 3 atom stereocenters. The molecule has 0 aromatic rings. The summed E-state index contributed by atoms with van der Waals surface area (Å²) >= 11 is 0. The fraction of sp³-hybridized carbons (Fsp3) is 0.769. The van der Waals surface area contributed by atoms with Crippen LogP contribution in [0.3, 0.4) is 0 Å². The summed E-state index contributed by atoms with van der Waals surface area (Å²) in [6.45, 7) is 16.8. The van der Waals surface area contributed by atoms with Crippen molar-refractivity contribution in [2.45, 2.75) is 58.0 Å². The first kappa shape index (κ1) is 14.4. The molecule has 0 radical (unpaired) electrons. The van der Waals surface area contributed by atoms with E-state index >= 15 is 0 Å². The summed E-state index contributed by atoms with van der Waals surface area (Å²) in [6, 6.07) is 0.0715. The second-order valence-electron chi connectivity index (χ2n) is 6.38. The highest BCUT2D eigenvalue weighted by Gasteiger charge is 2.46. The fourth-order valence-corrected chi connectivity index (χ4v) is 3.27. The molecule has 1 N–H and O–H groups in total. The average molecular weight is 255 g/mol. The number of rotatable bonds is 4. The van der Waals surface area contributed by atoms with Crippen LogP contribution >= 0.6 is 0 Å². The Kier molecular flexibility index (Phi) is 3.89. The van der Waals surface area contributed by atoms with Gasteiger partial charge in [0, 0.05) is 0 Å². The van der Waals surface area contributed by atoms with E-state index in [1.807, 2.05) is 6.92 Å². The third-order valence-corrected chi connectivity index (χ3v) is 8.62. The second-order valence-corrected chi connectivity index (χ2v) is 11.1. The van der Waals surface area contributed by atoms with Gasteiger partial charge in [-0.1, -0.05) is 26.8 Å². The van der Waals surface area contributed by atoms with Gasteiger partial charge in [-0.15, -0.1) is 6.58 Å². The lowest BCUT2D eigenvalue weighted by Gasteiger charge is -2.44. The number of carbonyl (C=O) groups is 1. The Balaban J connectivity index is 2.69. The van der Waals surface area contributed by atoms with E-state index in [4.69, 9.17) is 4.43 Å². The van der Waals surface area contributed by atoms with Crippen LogP contribution in [-0.4, -0.2) is 26.4 Å². The number of β-lactam (4-membered cyclic amide) rings is 1. The number of hydrogen-bond acceptors (Lipinski definition) is 2. The van der Waals surface area contributed by atoms with Crippen molar-refractivity contribution in [1.82, 2.24) is 5.32 Å². The molecule has 1 amide bonds. The first-order valence-corrected chi connectivity index (χ1v) is 9.12. The zero-order valence-electron chi connectivity index (χ0n) is 11.8. The van der Waals surface area contributed by atoms with E-state index in [1.165, 1.54) is 0 Å². The van der Waals surface area contributed by atoms with Gasteiger partial charge in [0.2, 0.25) is 5.91 Å². The maximum Gasteiger partial charge on any atom is 0.228 e. The molecule has 1 heterocycles. The number of amides is 1. The summed E-state index contributed by atoms with van der Waals surface area (Å²) in [4.78, 5) is 11.6. The van der Waals surface area contributed by atoms with Crippen LogP contribution in [0, 0.1) is 5.92 Å². The minimum absolute atomic E-state index is 0.0346. The summed E-state index contributed by atoms with van der Waals surface area (Å²) < 4.78 is 6.24. The molecule has 0 aromatic heterocycles. The van der Waals surface area contributed by atoms with Crippen molar-refractivity contribution < 1.29 is 9.22 Å². The Labute approximate surface area is 106 Å². The van der Waals surface area contributed by atoms with Gasteiger partial charge in [0.1, 0.15) is 0 Å². The van der Waals surface area contributed by atoms with Gasteiger partial charge in [-0.3, -0.25) is 4.79 Å². The highest BCUT2D eigenvalue weighted by Crippen LogP contribution is 2.38. The monoisotopic (exact) mass is 255 g/mol. The van der Waals surface area contributed by atoms with Gasteiger partial charge in [-0.2, -0.15) is 0 Å². The van der Waals surface area contributed by atoms with E-state index in [0.29, 0.717) is 0 Å². The van der Waals surface area contributed by atoms with Gasteiger partial charge in [0.15, 0.2) is 8.32 Å². The molecule has 0 spiro atoms. The Morgan fingerprint density at radius 2 is 2.00 bits per heavy atom. The van der Waals surface area contributed by atoms with Crippen LogP contribution in [0.5, 0.6) is 0 Å². The predicted molar refractivity (Wildman–Crippen MR) is 73.4 cm³/mol. The predicted octanol–water partition coefficient (Wildman–Crippen LogP) is 2.70. The minimum Gasteiger partial charge on any atom is -0.413 e. The lowest BCUT2D eigenvalue weighted by atomic mass is 9.86. The first-order valence-electron chi connectivity index (χ1n) is 6.21. The standard InChI is InChI=1S/C13H25NO2Si/c1-8-10-11(12(15)14-10)9(2)16-17(6,7)13(3,4)5/h8-11H,1H2,2-7H3,(H,14,15)/t9-,10-,11-/m1/s1. The van der Waals surface area contributed by atoms with E-state index in [1.54, 1.807) is 6.08 Å². The maximum absolute atomic E-state index is 11.6. The van der Waals surface area contributed by atoms with Crippen LogP contribution in [0.1, 0.15) is 27.7 Å². The molecule has 0 unspecified atom stereocenters. The van der Waals surface area contributed by atoms with Crippen LogP contribution in [0.25, 0.3) is 0 Å². The normalized spacial score (nSPS) is 27.1. The van der Waals surface area contributed by atoms with Crippen molar-refractivity contribution in [3.8, 4) is 0 Å². The third kappa shape index (κ3) is 2.80. The minimum atomic E-state index is -1.80. The molecule has 0 saturated carbocycles. The Hall–Kier alpha value is -0.613. The molecule has 0 aromatic carbocycles. The summed E-state index contributed by atoms with van der Waals surface area (Å²) in [5.74, 6) is 0.0164. The van der Waals surface area contributed by atoms with Crippen molar-refractivity contribution in [3.63, 3.8) is 0 Å². The van der Waals surface area contributed by atoms with E-state index in [9.17, 15) is 4.79 Å². The van der Waals surface area contributed by atoms with Crippen LogP contribution < -0.4 is 5.32 Å². The van der Waals surface area contributed by atoms with Gasteiger partial charge in [0.05, 0.1) is 18.1 Å². The van der Waals surface area contributed by atoms with Crippen LogP contribution in [-0.2, 0) is 9.22 Å². The highest BCUT2D eigenvalue weighted by molar-refractivity contribution is 6.74.